The van der Waals surface area contributed by atoms with Crippen LogP contribution in [-0.2, 0) is 0 Å². The van der Waals surface area contributed by atoms with Crippen LogP contribution in [-0.4, -0.2) is 13.1 Å². The van der Waals surface area contributed by atoms with Crippen molar-refractivity contribution in [3.63, 3.8) is 0 Å². The van der Waals surface area contributed by atoms with E-state index in [0.29, 0.717) is 0 Å². The highest BCUT2D eigenvalue weighted by Gasteiger charge is 2.42. The monoisotopic (exact) mass is 187 g/mol. The second-order valence-electron chi connectivity index (χ2n) is 4.67. The number of piperidine rings is 1. The van der Waals surface area contributed by atoms with Crippen molar-refractivity contribution in [2.75, 3.05) is 13.1 Å². The van der Waals surface area contributed by atoms with Crippen LogP contribution in [0.5, 0.6) is 0 Å². The molecule has 1 heteroatoms. The van der Waals surface area contributed by atoms with Gasteiger partial charge in [0, 0.05) is 0 Å². The van der Waals surface area contributed by atoms with Gasteiger partial charge >= 0.3 is 0 Å². The van der Waals surface area contributed by atoms with E-state index in [-0.39, 0.29) is 0 Å². The molecule has 0 aromatic heterocycles. The van der Waals surface area contributed by atoms with Crippen LogP contribution >= 0.6 is 0 Å². The molecule has 3 unspecified atom stereocenters. The number of benzene rings is 1. The predicted octanol–water partition coefficient (Wildman–Crippen LogP) is 2.40. The molecule has 1 aromatic carbocycles. The average molecular weight is 187 g/mol. The van der Waals surface area contributed by atoms with E-state index in [0.717, 1.165) is 17.8 Å². The Kier molecular flexibility index (Phi) is 2.06. The van der Waals surface area contributed by atoms with Crippen LogP contribution in [0.1, 0.15) is 24.3 Å². The summed E-state index contributed by atoms with van der Waals surface area (Å²) in [5.74, 6) is 2.78. The van der Waals surface area contributed by atoms with Crippen molar-refractivity contribution in [2.45, 2.75) is 18.8 Å². The Bertz CT molecular complexity index is 306. The van der Waals surface area contributed by atoms with Crippen LogP contribution in [0.4, 0.5) is 0 Å². The highest BCUT2D eigenvalue weighted by atomic mass is 14.9. The number of hydrogen-bond donors (Lipinski definition) is 1. The van der Waals surface area contributed by atoms with E-state index in [1.807, 2.05) is 0 Å². The second-order valence-corrected chi connectivity index (χ2v) is 4.67. The Labute approximate surface area is 85.5 Å². The molecular formula is C13H17N. The van der Waals surface area contributed by atoms with E-state index in [9.17, 15) is 0 Å². The Hall–Kier alpha value is -0.820. The average Bonchev–Trinajstić information content (AvgIpc) is 2.22. The zero-order chi connectivity index (χ0) is 9.38. The molecule has 3 atom stereocenters. The highest BCUT2D eigenvalue weighted by molar-refractivity contribution is 5.24. The third kappa shape index (κ3) is 1.27. The Morgan fingerprint density at radius 2 is 2.00 bits per heavy atom. The summed E-state index contributed by atoms with van der Waals surface area (Å²) in [6.07, 6.45) is 2.82. The lowest BCUT2D eigenvalue weighted by Gasteiger charge is -2.48. The van der Waals surface area contributed by atoms with Crippen molar-refractivity contribution in [1.29, 1.82) is 0 Å². The van der Waals surface area contributed by atoms with Gasteiger partial charge in [-0.25, -0.2) is 0 Å². The minimum absolute atomic E-state index is 0.842. The second kappa shape index (κ2) is 3.39. The number of nitrogens with one attached hydrogen (secondary N) is 1. The summed E-state index contributed by atoms with van der Waals surface area (Å²) in [6.45, 7) is 2.48. The molecule has 0 bridgehead atoms. The molecule has 1 aliphatic heterocycles. The maximum absolute atomic E-state index is 3.52. The molecule has 3 rings (SSSR count). The first-order chi connectivity index (χ1) is 6.95. The molecule has 2 fully saturated rings. The zero-order valence-electron chi connectivity index (χ0n) is 8.45. The third-order valence-corrected chi connectivity index (χ3v) is 3.98. The van der Waals surface area contributed by atoms with E-state index in [1.165, 1.54) is 25.9 Å². The van der Waals surface area contributed by atoms with Crippen LogP contribution in [0.3, 0.4) is 0 Å². The quantitative estimate of drug-likeness (QED) is 0.712. The minimum Gasteiger partial charge on any atom is -0.316 e. The van der Waals surface area contributed by atoms with Gasteiger partial charge in [0.1, 0.15) is 0 Å². The molecule has 0 radical (unpaired) electrons. The van der Waals surface area contributed by atoms with Crippen molar-refractivity contribution in [2.24, 2.45) is 11.8 Å². The lowest BCUT2D eigenvalue weighted by molar-refractivity contribution is 0.0934. The topological polar surface area (TPSA) is 12.0 Å². The minimum atomic E-state index is 0.842. The maximum Gasteiger partial charge on any atom is -0.00120 e. The van der Waals surface area contributed by atoms with E-state index >= 15 is 0 Å². The first kappa shape index (κ1) is 8.49. The largest absolute Gasteiger partial charge is 0.316 e. The van der Waals surface area contributed by atoms with Gasteiger partial charge < -0.3 is 5.32 Å². The van der Waals surface area contributed by atoms with Gasteiger partial charge in [-0.3, -0.25) is 0 Å². The SMILES string of the molecule is c1ccc(C2CC3CCNCC32)cc1. The van der Waals surface area contributed by atoms with Gasteiger partial charge in [0.05, 0.1) is 0 Å². The van der Waals surface area contributed by atoms with Gasteiger partial charge in [0.15, 0.2) is 0 Å². The number of hydrogen-bond acceptors (Lipinski definition) is 1. The summed E-state index contributed by atoms with van der Waals surface area (Å²) < 4.78 is 0. The smallest absolute Gasteiger partial charge is 0.00120 e. The van der Waals surface area contributed by atoms with Crippen molar-refractivity contribution >= 4 is 0 Å². The summed E-state index contributed by atoms with van der Waals surface area (Å²) in [5, 5.41) is 3.52. The molecule has 1 heterocycles. The van der Waals surface area contributed by atoms with Crippen LogP contribution in [0.15, 0.2) is 30.3 Å². The lowest BCUT2D eigenvalue weighted by Crippen LogP contribution is -2.47. The summed E-state index contributed by atoms with van der Waals surface area (Å²) in [7, 11) is 0. The third-order valence-electron chi connectivity index (χ3n) is 3.98. The van der Waals surface area contributed by atoms with E-state index in [4.69, 9.17) is 0 Å². The summed E-state index contributed by atoms with van der Waals surface area (Å²) in [6, 6.07) is 11.0. The van der Waals surface area contributed by atoms with Crippen molar-refractivity contribution in [1.82, 2.24) is 5.32 Å². The fourth-order valence-electron chi connectivity index (χ4n) is 3.09. The van der Waals surface area contributed by atoms with Crippen molar-refractivity contribution in [3.8, 4) is 0 Å². The van der Waals surface area contributed by atoms with Gasteiger partial charge in [0.25, 0.3) is 0 Å². The molecule has 0 spiro atoms. The van der Waals surface area contributed by atoms with E-state index < -0.39 is 0 Å². The molecule has 74 valence electrons. The zero-order valence-corrected chi connectivity index (χ0v) is 8.45. The fourth-order valence-corrected chi connectivity index (χ4v) is 3.09. The summed E-state index contributed by atoms with van der Waals surface area (Å²) >= 11 is 0. The number of fused-ring (bicyclic) bond motifs is 1. The molecule has 14 heavy (non-hydrogen) atoms. The van der Waals surface area contributed by atoms with E-state index in [1.54, 1.807) is 5.56 Å². The van der Waals surface area contributed by atoms with Crippen LogP contribution in [0.25, 0.3) is 0 Å². The Balaban J connectivity index is 1.76. The molecule has 0 amide bonds. The van der Waals surface area contributed by atoms with Crippen LogP contribution in [0.2, 0.25) is 0 Å². The molecule has 1 saturated carbocycles. The molecule has 1 aromatic rings. The normalized spacial score (nSPS) is 35.9. The molecule has 1 aliphatic carbocycles. The van der Waals surface area contributed by atoms with Crippen molar-refractivity contribution < 1.29 is 0 Å². The van der Waals surface area contributed by atoms with Gasteiger partial charge in [-0.15, -0.1) is 0 Å². The molecular weight excluding hydrogens is 170 g/mol. The van der Waals surface area contributed by atoms with Gasteiger partial charge in [-0.05, 0) is 49.2 Å². The summed E-state index contributed by atoms with van der Waals surface area (Å²) in [4.78, 5) is 0. The molecule has 1 N–H and O–H groups in total. The van der Waals surface area contributed by atoms with E-state index in [2.05, 4.69) is 35.6 Å². The van der Waals surface area contributed by atoms with Crippen molar-refractivity contribution in [3.05, 3.63) is 35.9 Å². The summed E-state index contributed by atoms with van der Waals surface area (Å²) in [5.41, 5.74) is 1.55. The number of rotatable bonds is 1. The molecule has 1 nitrogen and oxygen atoms in total. The Morgan fingerprint density at radius 1 is 1.14 bits per heavy atom. The lowest BCUT2D eigenvalue weighted by atomic mass is 9.60. The first-order valence-corrected chi connectivity index (χ1v) is 5.71. The van der Waals surface area contributed by atoms with Gasteiger partial charge in [-0.1, -0.05) is 30.3 Å². The Morgan fingerprint density at radius 3 is 2.79 bits per heavy atom. The maximum atomic E-state index is 3.52. The standard InChI is InChI=1S/C13H17N/c1-2-4-10(5-3-1)12-8-11-6-7-14-9-13(11)12/h1-5,11-14H,6-9H2. The van der Waals surface area contributed by atoms with Crippen LogP contribution in [0, 0.1) is 11.8 Å². The highest BCUT2D eigenvalue weighted by Crippen LogP contribution is 2.49. The first-order valence-electron chi connectivity index (χ1n) is 5.71. The molecule has 1 saturated heterocycles. The predicted molar refractivity (Wildman–Crippen MR) is 58.3 cm³/mol. The van der Waals surface area contributed by atoms with Gasteiger partial charge in [0.2, 0.25) is 0 Å². The van der Waals surface area contributed by atoms with Gasteiger partial charge in [-0.2, -0.15) is 0 Å². The molecule has 2 aliphatic rings. The fraction of sp³-hybridized carbons (Fsp3) is 0.538. The van der Waals surface area contributed by atoms with Crippen LogP contribution < -0.4 is 5.32 Å².